The molecule has 5 heteroatoms. The summed E-state index contributed by atoms with van der Waals surface area (Å²) < 4.78 is 11.3. The van der Waals surface area contributed by atoms with Gasteiger partial charge in [-0.3, -0.25) is 4.84 Å². The largest absolute Gasteiger partial charge is 0.372 e. The predicted molar refractivity (Wildman–Crippen MR) is 96.5 cm³/mol. The molecule has 1 saturated heterocycles. The van der Waals surface area contributed by atoms with Gasteiger partial charge >= 0.3 is 0 Å². The maximum absolute atomic E-state index is 6.29. The Labute approximate surface area is 144 Å². The van der Waals surface area contributed by atoms with Gasteiger partial charge in [0.1, 0.15) is 6.73 Å². The van der Waals surface area contributed by atoms with E-state index in [1.54, 1.807) is 12.2 Å². The van der Waals surface area contributed by atoms with E-state index in [9.17, 15) is 0 Å². The van der Waals surface area contributed by atoms with Gasteiger partial charge in [-0.15, -0.1) is 0 Å². The van der Waals surface area contributed by atoms with Crippen LogP contribution < -0.4 is 0 Å². The van der Waals surface area contributed by atoms with Crippen molar-refractivity contribution in [1.82, 2.24) is 9.96 Å². The Kier molecular flexibility index (Phi) is 13.0. The first-order chi connectivity index (χ1) is 11.0. The summed E-state index contributed by atoms with van der Waals surface area (Å²) in [6, 6.07) is 0. The van der Waals surface area contributed by atoms with Crippen molar-refractivity contribution in [3.8, 4) is 0 Å². The smallest absolute Gasteiger partial charge is 0.121 e. The molecule has 1 fully saturated rings. The van der Waals surface area contributed by atoms with Gasteiger partial charge < -0.3 is 14.4 Å². The zero-order valence-corrected chi connectivity index (χ0v) is 16.6. The molecule has 0 unspecified atom stereocenters. The zero-order valence-electron chi connectivity index (χ0n) is 16.6. The van der Waals surface area contributed by atoms with Gasteiger partial charge in [-0.1, -0.05) is 20.8 Å². The molecule has 1 aliphatic rings. The van der Waals surface area contributed by atoms with Crippen LogP contribution in [-0.4, -0.2) is 68.8 Å². The molecular formula is C18H40N2O3. The van der Waals surface area contributed by atoms with Crippen LogP contribution in [0.15, 0.2) is 0 Å². The molecule has 5 nitrogen and oxygen atoms in total. The molecule has 1 rings (SSSR count). The van der Waals surface area contributed by atoms with E-state index in [4.69, 9.17) is 14.3 Å². The molecule has 0 spiro atoms. The third-order valence-electron chi connectivity index (χ3n) is 3.89. The maximum atomic E-state index is 6.29. The highest BCUT2D eigenvalue weighted by Crippen LogP contribution is 2.23. The van der Waals surface area contributed by atoms with E-state index >= 15 is 0 Å². The van der Waals surface area contributed by atoms with Gasteiger partial charge in [-0.2, -0.15) is 5.06 Å². The van der Waals surface area contributed by atoms with E-state index in [0.717, 1.165) is 19.3 Å². The molecule has 0 aliphatic carbocycles. The van der Waals surface area contributed by atoms with Gasteiger partial charge in [-0.25, -0.2) is 0 Å². The van der Waals surface area contributed by atoms with E-state index in [1.807, 2.05) is 20.9 Å². The van der Waals surface area contributed by atoms with Crippen molar-refractivity contribution in [1.29, 1.82) is 0 Å². The normalized spacial score (nSPS) is 17.2. The number of hydrogen-bond acceptors (Lipinski definition) is 5. The minimum absolute atomic E-state index is 0.133. The van der Waals surface area contributed by atoms with Crippen molar-refractivity contribution in [3.05, 3.63) is 0 Å². The molecule has 0 N–H and O–H groups in total. The maximum Gasteiger partial charge on any atom is 0.121 e. The first-order valence-corrected chi connectivity index (χ1v) is 9.20. The van der Waals surface area contributed by atoms with Crippen molar-refractivity contribution >= 4 is 0 Å². The summed E-state index contributed by atoms with van der Waals surface area (Å²) in [5.41, 5.74) is -0.133. The molecule has 0 amide bonds. The van der Waals surface area contributed by atoms with Crippen molar-refractivity contribution in [2.75, 3.05) is 47.1 Å². The second-order valence-corrected chi connectivity index (χ2v) is 6.55. The average Bonchev–Trinajstić information content (AvgIpc) is 2.51. The lowest BCUT2D eigenvalue weighted by Crippen LogP contribution is -2.41. The van der Waals surface area contributed by atoms with Crippen LogP contribution in [0.4, 0.5) is 0 Å². The third-order valence-corrected chi connectivity index (χ3v) is 3.89. The van der Waals surface area contributed by atoms with E-state index in [1.165, 1.54) is 26.1 Å². The Morgan fingerprint density at radius 3 is 2.30 bits per heavy atom. The monoisotopic (exact) mass is 332 g/mol. The molecular weight excluding hydrogens is 292 g/mol. The van der Waals surface area contributed by atoms with E-state index in [2.05, 4.69) is 25.7 Å². The van der Waals surface area contributed by atoms with E-state index in [0.29, 0.717) is 19.4 Å². The van der Waals surface area contributed by atoms with Crippen LogP contribution in [0.1, 0.15) is 60.3 Å². The highest BCUT2D eigenvalue weighted by Gasteiger charge is 2.27. The second kappa shape index (κ2) is 13.1. The molecule has 0 radical (unpaired) electrons. The van der Waals surface area contributed by atoms with Gasteiger partial charge in [-0.05, 0) is 39.7 Å². The molecule has 1 heterocycles. The SMILES string of the molecule is CC.CCCN1CCC(OC(C)(C)CCON(C)COC)CC1. The molecule has 0 aromatic rings. The minimum atomic E-state index is -0.133. The quantitative estimate of drug-likeness (QED) is 0.451. The summed E-state index contributed by atoms with van der Waals surface area (Å²) >= 11 is 0. The summed E-state index contributed by atoms with van der Waals surface area (Å²) in [6.07, 6.45) is 4.81. The molecule has 0 atom stereocenters. The van der Waals surface area contributed by atoms with E-state index < -0.39 is 0 Å². The van der Waals surface area contributed by atoms with Crippen molar-refractivity contribution < 1.29 is 14.3 Å². The minimum Gasteiger partial charge on any atom is -0.372 e. The van der Waals surface area contributed by atoms with Crippen LogP contribution in [0, 0.1) is 0 Å². The lowest BCUT2D eigenvalue weighted by Gasteiger charge is -2.37. The standard InChI is InChI=1S/C16H34N2O3.C2H6/c1-6-10-18-11-7-15(8-12-18)21-16(2,3)9-13-20-17(4)14-19-5;1-2/h15H,6-14H2,1-5H3;1-2H3. The van der Waals surface area contributed by atoms with Gasteiger partial charge in [0.15, 0.2) is 0 Å². The van der Waals surface area contributed by atoms with Crippen molar-refractivity contribution in [2.45, 2.75) is 72.0 Å². The van der Waals surface area contributed by atoms with Crippen LogP contribution in [0.5, 0.6) is 0 Å². The topological polar surface area (TPSA) is 34.2 Å². The van der Waals surface area contributed by atoms with Gasteiger partial charge in [0.2, 0.25) is 0 Å². The number of piperidine rings is 1. The van der Waals surface area contributed by atoms with Crippen LogP contribution in [0.25, 0.3) is 0 Å². The Balaban J connectivity index is 0.00000232. The third kappa shape index (κ3) is 11.1. The van der Waals surface area contributed by atoms with Crippen molar-refractivity contribution in [3.63, 3.8) is 0 Å². The molecule has 0 saturated carbocycles. The van der Waals surface area contributed by atoms with Crippen LogP contribution in [-0.2, 0) is 14.3 Å². The second-order valence-electron chi connectivity index (χ2n) is 6.55. The highest BCUT2D eigenvalue weighted by atomic mass is 16.7. The Morgan fingerprint density at radius 1 is 1.17 bits per heavy atom. The Bertz CT molecular complexity index is 267. The fourth-order valence-corrected chi connectivity index (χ4v) is 2.74. The molecule has 140 valence electrons. The molecule has 0 aromatic heterocycles. The number of hydrogen-bond donors (Lipinski definition) is 0. The number of ether oxygens (including phenoxy) is 2. The first kappa shape index (κ1) is 22.8. The molecule has 0 bridgehead atoms. The summed E-state index contributed by atoms with van der Waals surface area (Å²) in [6.45, 7) is 15.3. The summed E-state index contributed by atoms with van der Waals surface area (Å²) in [5, 5.41) is 1.71. The average molecular weight is 333 g/mol. The number of likely N-dealkylation sites (tertiary alicyclic amines) is 1. The molecule has 23 heavy (non-hydrogen) atoms. The van der Waals surface area contributed by atoms with E-state index in [-0.39, 0.29) is 5.60 Å². The van der Waals surface area contributed by atoms with Crippen molar-refractivity contribution in [2.24, 2.45) is 0 Å². The Hall–Kier alpha value is -0.200. The zero-order chi connectivity index (χ0) is 17.7. The number of nitrogens with zero attached hydrogens (tertiary/aromatic N) is 2. The van der Waals surface area contributed by atoms with Crippen LogP contribution in [0.2, 0.25) is 0 Å². The first-order valence-electron chi connectivity index (χ1n) is 9.20. The van der Waals surface area contributed by atoms with Crippen LogP contribution in [0.3, 0.4) is 0 Å². The Morgan fingerprint density at radius 2 is 1.78 bits per heavy atom. The van der Waals surface area contributed by atoms with Gasteiger partial charge in [0, 0.05) is 33.7 Å². The molecule has 0 aromatic carbocycles. The summed E-state index contributed by atoms with van der Waals surface area (Å²) in [5.74, 6) is 0. The summed E-state index contributed by atoms with van der Waals surface area (Å²) in [7, 11) is 3.54. The lowest BCUT2D eigenvalue weighted by atomic mass is 10.0. The predicted octanol–water partition coefficient (Wildman–Crippen LogP) is 3.54. The lowest BCUT2D eigenvalue weighted by molar-refractivity contribution is -0.198. The fourth-order valence-electron chi connectivity index (χ4n) is 2.74. The fraction of sp³-hybridized carbons (Fsp3) is 1.00. The van der Waals surface area contributed by atoms with Gasteiger partial charge in [0.05, 0.1) is 18.3 Å². The number of hydroxylamine groups is 2. The summed E-state index contributed by atoms with van der Waals surface area (Å²) in [4.78, 5) is 8.11. The number of methoxy groups -OCH3 is 1. The highest BCUT2D eigenvalue weighted by molar-refractivity contribution is 4.77. The molecule has 1 aliphatic heterocycles. The van der Waals surface area contributed by atoms with Crippen LogP contribution >= 0.6 is 0 Å². The van der Waals surface area contributed by atoms with Gasteiger partial charge in [0.25, 0.3) is 0 Å². The number of rotatable bonds is 10.